The van der Waals surface area contributed by atoms with Gasteiger partial charge in [0.25, 0.3) is 0 Å². The molecule has 0 aliphatic carbocycles. The molecule has 1 rings (SSSR count). The van der Waals surface area contributed by atoms with Crippen molar-refractivity contribution in [1.29, 1.82) is 0 Å². The van der Waals surface area contributed by atoms with Crippen molar-refractivity contribution in [3.8, 4) is 0 Å². The zero-order valence-electron chi connectivity index (χ0n) is 12.6. The fourth-order valence-electron chi connectivity index (χ4n) is 2.54. The summed E-state index contributed by atoms with van der Waals surface area (Å²) in [4.78, 5) is 4.67. The number of pyridine rings is 1. The number of aryl methyl sites for hydroxylation is 2. The molecule has 0 saturated heterocycles. The van der Waals surface area contributed by atoms with Crippen LogP contribution < -0.4 is 5.32 Å². The topological polar surface area (TPSA) is 24.9 Å². The molecular formula is C16H28N2. The quantitative estimate of drug-likeness (QED) is 0.783. The van der Waals surface area contributed by atoms with Gasteiger partial charge in [-0.2, -0.15) is 0 Å². The molecule has 0 saturated carbocycles. The summed E-state index contributed by atoms with van der Waals surface area (Å²) < 4.78 is 0. The summed E-state index contributed by atoms with van der Waals surface area (Å²) in [5, 5.41) is 3.67. The van der Waals surface area contributed by atoms with Gasteiger partial charge in [-0.3, -0.25) is 4.98 Å². The number of hydrogen-bond acceptors (Lipinski definition) is 2. The van der Waals surface area contributed by atoms with Gasteiger partial charge < -0.3 is 5.32 Å². The number of nitrogens with one attached hydrogen (secondary N) is 1. The fraction of sp³-hybridized carbons (Fsp3) is 0.688. The fourth-order valence-corrected chi connectivity index (χ4v) is 2.54. The highest BCUT2D eigenvalue weighted by Crippen LogP contribution is 2.26. The van der Waals surface area contributed by atoms with E-state index >= 15 is 0 Å². The molecule has 0 aliphatic rings. The highest BCUT2D eigenvalue weighted by Gasteiger charge is 2.20. The highest BCUT2D eigenvalue weighted by atomic mass is 14.9. The van der Waals surface area contributed by atoms with Crippen molar-refractivity contribution in [3.63, 3.8) is 0 Å². The molecule has 0 fully saturated rings. The zero-order chi connectivity index (χ0) is 13.5. The Labute approximate surface area is 112 Å². The second-order valence-corrected chi connectivity index (χ2v) is 5.41. The molecule has 2 nitrogen and oxygen atoms in total. The summed E-state index contributed by atoms with van der Waals surface area (Å²) >= 11 is 0. The summed E-state index contributed by atoms with van der Waals surface area (Å²) in [5.74, 6) is 0.635. The Morgan fingerprint density at radius 2 is 1.94 bits per heavy atom. The van der Waals surface area contributed by atoms with Crippen molar-refractivity contribution in [2.75, 3.05) is 6.54 Å². The molecule has 0 spiro atoms. The molecule has 102 valence electrons. The van der Waals surface area contributed by atoms with Gasteiger partial charge in [0.2, 0.25) is 0 Å². The van der Waals surface area contributed by atoms with E-state index in [-0.39, 0.29) is 0 Å². The van der Waals surface area contributed by atoms with E-state index in [0.29, 0.717) is 12.0 Å². The molecular weight excluding hydrogens is 220 g/mol. The van der Waals surface area contributed by atoms with Gasteiger partial charge in [0.15, 0.2) is 0 Å². The summed E-state index contributed by atoms with van der Waals surface area (Å²) in [5.41, 5.74) is 3.79. The third-order valence-corrected chi connectivity index (χ3v) is 3.48. The maximum atomic E-state index is 4.67. The second kappa shape index (κ2) is 7.52. The lowest BCUT2D eigenvalue weighted by molar-refractivity contribution is 0.355. The first-order valence-corrected chi connectivity index (χ1v) is 7.26. The molecule has 1 aromatic heterocycles. The van der Waals surface area contributed by atoms with E-state index in [0.717, 1.165) is 6.54 Å². The Kier molecular flexibility index (Phi) is 6.34. The van der Waals surface area contributed by atoms with Crippen LogP contribution in [0.2, 0.25) is 0 Å². The number of aromatic nitrogens is 1. The monoisotopic (exact) mass is 248 g/mol. The smallest absolute Gasteiger partial charge is 0.0605 e. The van der Waals surface area contributed by atoms with E-state index in [4.69, 9.17) is 0 Å². The molecule has 0 amide bonds. The lowest BCUT2D eigenvalue weighted by Gasteiger charge is -2.26. The normalized spacial score (nSPS) is 14.5. The van der Waals surface area contributed by atoms with Gasteiger partial charge in [-0.15, -0.1) is 0 Å². The minimum Gasteiger partial charge on any atom is -0.308 e. The van der Waals surface area contributed by atoms with Gasteiger partial charge in [0.05, 0.1) is 11.7 Å². The van der Waals surface area contributed by atoms with Crippen LogP contribution in [0, 0.1) is 19.8 Å². The van der Waals surface area contributed by atoms with Gasteiger partial charge in [0, 0.05) is 6.20 Å². The molecule has 2 heteroatoms. The molecule has 18 heavy (non-hydrogen) atoms. The molecule has 2 unspecified atom stereocenters. The maximum absolute atomic E-state index is 4.67. The predicted octanol–water partition coefficient (Wildman–Crippen LogP) is 4.18. The van der Waals surface area contributed by atoms with E-state index in [2.05, 4.69) is 51.0 Å². The van der Waals surface area contributed by atoms with E-state index in [1.165, 1.54) is 36.1 Å². The number of rotatable bonds is 7. The average Bonchev–Trinajstić information content (AvgIpc) is 2.32. The first kappa shape index (κ1) is 15.2. The van der Waals surface area contributed by atoms with Crippen molar-refractivity contribution in [1.82, 2.24) is 10.3 Å². The van der Waals surface area contributed by atoms with Crippen LogP contribution in [0.5, 0.6) is 0 Å². The maximum Gasteiger partial charge on any atom is 0.0605 e. The van der Waals surface area contributed by atoms with Crippen molar-refractivity contribution in [2.24, 2.45) is 5.92 Å². The Morgan fingerprint density at radius 3 is 2.50 bits per heavy atom. The van der Waals surface area contributed by atoms with Gasteiger partial charge in [0.1, 0.15) is 0 Å². The van der Waals surface area contributed by atoms with Crippen LogP contribution >= 0.6 is 0 Å². The van der Waals surface area contributed by atoms with E-state index in [1.54, 1.807) is 0 Å². The van der Waals surface area contributed by atoms with Crippen LogP contribution in [0.3, 0.4) is 0 Å². The Balaban J connectivity index is 2.93. The number of hydrogen-bond donors (Lipinski definition) is 1. The van der Waals surface area contributed by atoms with Crippen LogP contribution in [-0.4, -0.2) is 11.5 Å². The molecule has 1 N–H and O–H groups in total. The van der Waals surface area contributed by atoms with Crippen LogP contribution in [0.1, 0.15) is 62.9 Å². The van der Waals surface area contributed by atoms with Crippen molar-refractivity contribution < 1.29 is 0 Å². The zero-order valence-corrected chi connectivity index (χ0v) is 12.6. The van der Waals surface area contributed by atoms with Gasteiger partial charge in [-0.25, -0.2) is 0 Å². The molecule has 0 radical (unpaired) electrons. The summed E-state index contributed by atoms with van der Waals surface area (Å²) in [6.07, 6.45) is 5.63. The standard InChI is InChI=1S/C16H28N2/c1-6-8-13(4)15(17-9-7-2)16-14(5)10-12(3)11-18-16/h10-11,13,15,17H,6-9H2,1-5H3. The van der Waals surface area contributed by atoms with Crippen molar-refractivity contribution in [3.05, 3.63) is 29.1 Å². The average molecular weight is 248 g/mol. The molecule has 0 aliphatic heterocycles. The van der Waals surface area contributed by atoms with Crippen molar-refractivity contribution in [2.45, 2.75) is 59.9 Å². The number of nitrogens with zero attached hydrogens (tertiary/aromatic N) is 1. The molecule has 0 aromatic carbocycles. The predicted molar refractivity (Wildman–Crippen MR) is 78.8 cm³/mol. The summed E-state index contributed by atoms with van der Waals surface area (Å²) in [7, 11) is 0. The molecule has 1 heterocycles. The Morgan fingerprint density at radius 1 is 1.22 bits per heavy atom. The summed E-state index contributed by atoms with van der Waals surface area (Å²) in [6, 6.07) is 2.63. The van der Waals surface area contributed by atoms with Crippen LogP contribution in [0.25, 0.3) is 0 Å². The van der Waals surface area contributed by atoms with E-state index in [1.807, 2.05) is 6.20 Å². The molecule has 2 atom stereocenters. The van der Waals surface area contributed by atoms with Gasteiger partial charge >= 0.3 is 0 Å². The molecule has 0 bridgehead atoms. The van der Waals surface area contributed by atoms with E-state index < -0.39 is 0 Å². The second-order valence-electron chi connectivity index (χ2n) is 5.41. The van der Waals surface area contributed by atoms with E-state index in [9.17, 15) is 0 Å². The minimum atomic E-state index is 0.394. The third kappa shape index (κ3) is 4.09. The lowest BCUT2D eigenvalue weighted by atomic mass is 9.91. The lowest BCUT2D eigenvalue weighted by Crippen LogP contribution is -2.29. The van der Waals surface area contributed by atoms with Gasteiger partial charge in [-0.1, -0.05) is 33.3 Å². The molecule has 1 aromatic rings. The SMILES string of the molecule is CCCNC(c1ncc(C)cc1C)C(C)CCC. The first-order chi connectivity index (χ1) is 8.60. The largest absolute Gasteiger partial charge is 0.308 e. The Bertz CT molecular complexity index is 360. The van der Waals surface area contributed by atoms with Crippen LogP contribution in [0.15, 0.2) is 12.3 Å². The Hall–Kier alpha value is -0.890. The van der Waals surface area contributed by atoms with Gasteiger partial charge in [-0.05, 0) is 50.3 Å². The van der Waals surface area contributed by atoms with Crippen LogP contribution in [0.4, 0.5) is 0 Å². The third-order valence-electron chi connectivity index (χ3n) is 3.48. The minimum absolute atomic E-state index is 0.394. The first-order valence-electron chi connectivity index (χ1n) is 7.26. The van der Waals surface area contributed by atoms with Crippen LogP contribution in [-0.2, 0) is 0 Å². The summed E-state index contributed by atoms with van der Waals surface area (Å²) in [6.45, 7) is 12.1. The highest BCUT2D eigenvalue weighted by molar-refractivity contribution is 5.26. The van der Waals surface area contributed by atoms with Crippen molar-refractivity contribution >= 4 is 0 Å².